The standard InChI is InChI=1S/C13H14Cl2N2O/c1-17-12(4-5-16-17)2-3-13(18)9-6-10(14)8-11(15)7-9/h4-8,13,18H,2-3H2,1H3. The van der Waals surface area contributed by atoms with Crippen LogP contribution in [-0.2, 0) is 13.5 Å². The van der Waals surface area contributed by atoms with Crippen molar-refractivity contribution in [1.29, 1.82) is 0 Å². The Labute approximate surface area is 116 Å². The largest absolute Gasteiger partial charge is 0.388 e. The third-order valence-corrected chi connectivity index (χ3v) is 3.30. The smallest absolute Gasteiger partial charge is 0.0794 e. The fraction of sp³-hybridized carbons (Fsp3) is 0.308. The third-order valence-electron chi connectivity index (χ3n) is 2.87. The maximum atomic E-state index is 10.1. The summed E-state index contributed by atoms with van der Waals surface area (Å²) in [6.07, 6.45) is 2.53. The zero-order valence-electron chi connectivity index (χ0n) is 9.98. The average Bonchev–Trinajstić information content (AvgIpc) is 2.70. The molecule has 2 aromatic rings. The average molecular weight is 285 g/mol. The van der Waals surface area contributed by atoms with Crippen LogP contribution >= 0.6 is 23.2 Å². The second kappa shape index (κ2) is 5.74. The molecule has 1 aromatic heterocycles. The number of halogens is 2. The first-order valence-corrected chi connectivity index (χ1v) is 6.43. The minimum Gasteiger partial charge on any atom is -0.388 e. The Balaban J connectivity index is 2.03. The minimum absolute atomic E-state index is 0.539. The monoisotopic (exact) mass is 284 g/mol. The van der Waals surface area contributed by atoms with Crippen LogP contribution in [0.1, 0.15) is 23.8 Å². The van der Waals surface area contributed by atoms with Crippen molar-refractivity contribution < 1.29 is 5.11 Å². The Morgan fingerprint density at radius 2 is 1.94 bits per heavy atom. The SMILES string of the molecule is Cn1nccc1CCC(O)c1cc(Cl)cc(Cl)c1. The van der Waals surface area contributed by atoms with Gasteiger partial charge in [-0.2, -0.15) is 5.10 Å². The summed E-state index contributed by atoms with van der Waals surface area (Å²) < 4.78 is 1.80. The van der Waals surface area contributed by atoms with Gasteiger partial charge in [-0.1, -0.05) is 23.2 Å². The van der Waals surface area contributed by atoms with Gasteiger partial charge < -0.3 is 5.11 Å². The number of aryl methyl sites for hydroxylation is 2. The van der Waals surface area contributed by atoms with Gasteiger partial charge in [-0.05, 0) is 42.7 Å². The summed E-state index contributed by atoms with van der Waals surface area (Å²) in [6.45, 7) is 0. The van der Waals surface area contributed by atoms with Crippen molar-refractivity contribution in [3.63, 3.8) is 0 Å². The first-order chi connectivity index (χ1) is 8.56. The number of hydrogen-bond donors (Lipinski definition) is 1. The molecule has 0 saturated carbocycles. The molecule has 0 aliphatic rings. The lowest BCUT2D eigenvalue weighted by atomic mass is 10.0. The minimum atomic E-state index is -0.573. The van der Waals surface area contributed by atoms with Gasteiger partial charge in [0, 0.05) is 29.0 Å². The zero-order valence-corrected chi connectivity index (χ0v) is 11.5. The zero-order chi connectivity index (χ0) is 13.1. The molecule has 18 heavy (non-hydrogen) atoms. The van der Waals surface area contributed by atoms with Crippen LogP contribution in [0.2, 0.25) is 10.0 Å². The molecule has 1 aromatic carbocycles. The molecule has 5 heteroatoms. The second-order valence-corrected chi connectivity index (χ2v) is 5.08. The van der Waals surface area contributed by atoms with Crippen LogP contribution in [0.4, 0.5) is 0 Å². The van der Waals surface area contributed by atoms with Crippen LogP contribution in [0.3, 0.4) is 0 Å². The van der Waals surface area contributed by atoms with Crippen LogP contribution in [0.25, 0.3) is 0 Å². The van der Waals surface area contributed by atoms with E-state index in [4.69, 9.17) is 23.2 Å². The van der Waals surface area contributed by atoms with Gasteiger partial charge in [0.05, 0.1) is 6.10 Å². The first kappa shape index (κ1) is 13.4. The van der Waals surface area contributed by atoms with Gasteiger partial charge in [0.2, 0.25) is 0 Å². The normalized spacial score (nSPS) is 12.7. The van der Waals surface area contributed by atoms with Crippen LogP contribution < -0.4 is 0 Å². The van der Waals surface area contributed by atoms with Gasteiger partial charge in [0.1, 0.15) is 0 Å². The number of benzene rings is 1. The Kier molecular flexibility index (Phi) is 4.27. The summed E-state index contributed by atoms with van der Waals surface area (Å²) >= 11 is 11.8. The van der Waals surface area contributed by atoms with E-state index in [1.54, 1.807) is 29.1 Å². The fourth-order valence-corrected chi connectivity index (χ4v) is 2.41. The highest BCUT2D eigenvalue weighted by Crippen LogP contribution is 2.26. The van der Waals surface area contributed by atoms with Gasteiger partial charge in [-0.3, -0.25) is 4.68 Å². The molecule has 0 amide bonds. The summed E-state index contributed by atoms with van der Waals surface area (Å²) in [6, 6.07) is 7.07. The highest BCUT2D eigenvalue weighted by atomic mass is 35.5. The Morgan fingerprint density at radius 1 is 1.28 bits per heavy atom. The van der Waals surface area contributed by atoms with Crippen molar-refractivity contribution in [1.82, 2.24) is 9.78 Å². The van der Waals surface area contributed by atoms with Crippen molar-refractivity contribution in [2.75, 3.05) is 0 Å². The quantitative estimate of drug-likeness (QED) is 0.935. The van der Waals surface area contributed by atoms with Crippen LogP contribution in [0.15, 0.2) is 30.5 Å². The van der Waals surface area contributed by atoms with Crippen molar-refractivity contribution >= 4 is 23.2 Å². The predicted molar refractivity (Wildman–Crippen MR) is 73.0 cm³/mol. The number of nitrogens with zero attached hydrogens (tertiary/aromatic N) is 2. The van der Waals surface area contributed by atoms with Gasteiger partial charge in [-0.25, -0.2) is 0 Å². The number of hydrogen-bond acceptors (Lipinski definition) is 2. The molecule has 96 valence electrons. The van der Waals surface area contributed by atoms with E-state index < -0.39 is 6.10 Å². The lowest BCUT2D eigenvalue weighted by Crippen LogP contribution is -2.03. The number of aliphatic hydroxyl groups excluding tert-OH is 1. The maximum absolute atomic E-state index is 10.1. The van der Waals surface area contributed by atoms with Crippen LogP contribution in [-0.4, -0.2) is 14.9 Å². The number of aliphatic hydroxyl groups is 1. The van der Waals surface area contributed by atoms with Gasteiger partial charge in [0.15, 0.2) is 0 Å². The summed E-state index contributed by atoms with van der Waals surface area (Å²) in [5.74, 6) is 0. The molecule has 3 nitrogen and oxygen atoms in total. The van der Waals surface area contributed by atoms with E-state index in [0.29, 0.717) is 16.5 Å². The molecule has 0 spiro atoms. The first-order valence-electron chi connectivity index (χ1n) is 5.67. The van der Waals surface area contributed by atoms with Gasteiger partial charge in [0.25, 0.3) is 0 Å². The van der Waals surface area contributed by atoms with Crippen molar-refractivity contribution in [3.8, 4) is 0 Å². The van der Waals surface area contributed by atoms with E-state index in [2.05, 4.69) is 5.10 Å². The third kappa shape index (κ3) is 3.25. The van der Waals surface area contributed by atoms with Crippen LogP contribution in [0, 0.1) is 0 Å². The van der Waals surface area contributed by atoms with E-state index in [-0.39, 0.29) is 0 Å². The lowest BCUT2D eigenvalue weighted by Gasteiger charge is -2.12. The molecule has 1 N–H and O–H groups in total. The number of rotatable bonds is 4. The Morgan fingerprint density at radius 3 is 2.50 bits per heavy atom. The second-order valence-electron chi connectivity index (χ2n) is 4.20. The summed E-state index contributed by atoms with van der Waals surface area (Å²) in [5.41, 5.74) is 1.83. The molecule has 0 radical (unpaired) electrons. The van der Waals surface area contributed by atoms with Crippen LogP contribution in [0.5, 0.6) is 0 Å². The molecule has 0 saturated heterocycles. The lowest BCUT2D eigenvalue weighted by molar-refractivity contribution is 0.167. The predicted octanol–water partition coefficient (Wildman–Crippen LogP) is 3.39. The van der Waals surface area contributed by atoms with E-state index in [1.165, 1.54) is 0 Å². The summed E-state index contributed by atoms with van der Waals surface area (Å²) in [7, 11) is 1.89. The van der Waals surface area contributed by atoms with Gasteiger partial charge in [-0.15, -0.1) is 0 Å². The molecular formula is C13H14Cl2N2O. The fourth-order valence-electron chi connectivity index (χ4n) is 1.87. The Hall–Kier alpha value is -1.03. The van der Waals surface area contributed by atoms with E-state index in [9.17, 15) is 5.11 Å². The van der Waals surface area contributed by atoms with E-state index in [1.807, 2.05) is 13.1 Å². The summed E-state index contributed by atoms with van der Waals surface area (Å²) in [5, 5.41) is 15.3. The van der Waals surface area contributed by atoms with Gasteiger partial charge >= 0.3 is 0 Å². The molecule has 0 aliphatic heterocycles. The van der Waals surface area contributed by atoms with E-state index in [0.717, 1.165) is 17.7 Å². The molecule has 0 fully saturated rings. The molecule has 1 unspecified atom stereocenters. The molecule has 0 bridgehead atoms. The number of aromatic nitrogens is 2. The maximum Gasteiger partial charge on any atom is 0.0794 e. The molecule has 2 rings (SSSR count). The molecule has 1 atom stereocenters. The van der Waals surface area contributed by atoms with Crippen molar-refractivity contribution in [2.45, 2.75) is 18.9 Å². The highest BCUT2D eigenvalue weighted by Gasteiger charge is 2.10. The molecule has 1 heterocycles. The van der Waals surface area contributed by atoms with Crippen molar-refractivity contribution in [2.24, 2.45) is 7.05 Å². The molecule has 0 aliphatic carbocycles. The van der Waals surface area contributed by atoms with Crippen molar-refractivity contribution in [3.05, 3.63) is 51.8 Å². The highest BCUT2D eigenvalue weighted by molar-refractivity contribution is 6.34. The molecular weight excluding hydrogens is 271 g/mol. The topological polar surface area (TPSA) is 38.0 Å². The van der Waals surface area contributed by atoms with E-state index >= 15 is 0 Å². The summed E-state index contributed by atoms with van der Waals surface area (Å²) in [4.78, 5) is 0. The Bertz CT molecular complexity index is 519.